The van der Waals surface area contributed by atoms with E-state index in [0.717, 1.165) is 41.1 Å². The topological polar surface area (TPSA) is 80.5 Å². The Balaban J connectivity index is 1.34. The van der Waals surface area contributed by atoms with Gasteiger partial charge < -0.3 is 19.4 Å². The van der Waals surface area contributed by atoms with E-state index in [4.69, 9.17) is 9.15 Å². The van der Waals surface area contributed by atoms with Crippen molar-refractivity contribution in [2.45, 2.75) is 13.3 Å². The van der Waals surface area contributed by atoms with Gasteiger partial charge in [0.1, 0.15) is 11.6 Å². The number of rotatable bonds is 5. The molecular formula is C19H20N4O3S. The van der Waals surface area contributed by atoms with Gasteiger partial charge in [-0.2, -0.15) is 0 Å². The molecule has 1 N–H and O–H groups in total. The van der Waals surface area contributed by atoms with Crippen LogP contribution in [0.5, 0.6) is 0 Å². The number of pyridine rings is 1. The van der Waals surface area contributed by atoms with Crippen LogP contribution >= 0.6 is 11.3 Å². The van der Waals surface area contributed by atoms with Crippen molar-refractivity contribution >= 4 is 28.7 Å². The molecule has 4 rings (SSSR count). The van der Waals surface area contributed by atoms with Gasteiger partial charge in [-0.15, -0.1) is 11.3 Å². The van der Waals surface area contributed by atoms with Crippen LogP contribution in [0, 0.1) is 6.92 Å². The van der Waals surface area contributed by atoms with Crippen LogP contribution < -0.4 is 10.2 Å². The number of carbonyl (C=O) groups excluding carboxylic acids is 1. The fourth-order valence-electron chi connectivity index (χ4n) is 2.86. The van der Waals surface area contributed by atoms with Gasteiger partial charge in [-0.25, -0.2) is 9.97 Å². The lowest BCUT2D eigenvalue weighted by Gasteiger charge is -2.27. The van der Waals surface area contributed by atoms with Crippen LogP contribution in [0.4, 0.5) is 11.5 Å². The zero-order valence-corrected chi connectivity index (χ0v) is 15.8. The van der Waals surface area contributed by atoms with Gasteiger partial charge in [-0.1, -0.05) is 0 Å². The fraction of sp³-hybridized carbons (Fsp3) is 0.316. The van der Waals surface area contributed by atoms with E-state index in [1.165, 1.54) is 11.3 Å². The van der Waals surface area contributed by atoms with Crippen LogP contribution in [0.3, 0.4) is 0 Å². The van der Waals surface area contributed by atoms with Gasteiger partial charge in [-0.05, 0) is 31.2 Å². The Morgan fingerprint density at radius 1 is 1.26 bits per heavy atom. The molecule has 4 heterocycles. The summed E-state index contributed by atoms with van der Waals surface area (Å²) in [5.74, 6) is 2.34. The van der Waals surface area contributed by atoms with Crippen LogP contribution in [0.15, 0.2) is 40.3 Å². The molecule has 0 bridgehead atoms. The number of thiazole rings is 1. The second-order valence-corrected chi connectivity index (χ2v) is 7.14. The second kappa shape index (κ2) is 7.89. The highest BCUT2D eigenvalue weighted by atomic mass is 32.1. The number of ether oxygens (including phenoxy) is 1. The Labute approximate surface area is 161 Å². The number of hydrogen-bond acceptors (Lipinski definition) is 7. The van der Waals surface area contributed by atoms with Crippen molar-refractivity contribution in [3.8, 4) is 10.8 Å². The Hall–Kier alpha value is -2.71. The molecule has 0 spiro atoms. The first kappa shape index (κ1) is 17.7. The van der Waals surface area contributed by atoms with E-state index in [2.05, 4.69) is 20.2 Å². The van der Waals surface area contributed by atoms with Crippen LogP contribution in [0.1, 0.15) is 11.5 Å². The average Bonchev–Trinajstić information content (AvgIpc) is 3.32. The number of carbonyl (C=O) groups is 1. The van der Waals surface area contributed by atoms with E-state index in [0.29, 0.717) is 18.9 Å². The lowest BCUT2D eigenvalue weighted by Crippen LogP contribution is -2.36. The standard InChI is InChI=1S/C19H20N4O3S/c1-13-2-4-16(26-13)19-22-15(12-27-19)10-18(24)21-14-3-5-17(20-11-14)23-6-8-25-9-7-23/h2-5,11-12H,6-10H2,1H3,(H,21,24). The summed E-state index contributed by atoms with van der Waals surface area (Å²) in [5.41, 5.74) is 1.40. The average molecular weight is 384 g/mol. The lowest BCUT2D eigenvalue weighted by atomic mass is 10.3. The van der Waals surface area contributed by atoms with Crippen molar-refractivity contribution in [1.29, 1.82) is 0 Å². The van der Waals surface area contributed by atoms with Gasteiger partial charge in [0.2, 0.25) is 5.91 Å². The summed E-state index contributed by atoms with van der Waals surface area (Å²) in [5, 5.41) is 5.53. The van der Waals surface area contributed by atoms with Crippen molar-refractivity contribution in [2.75, 3.05) is 36.5 Å². The minimum absolute atomic E-state index is 0.122. The van der Waals surface area contributed by atoms with Crippen LogP contribution in [-0.4, -0.2) is 42.2 Å². The molecule has 27 heavy (non-hydrogen) atoms. The number of amides is 1. The maximum Gasteiger partial charge on any atom is 0.230 e. The first-order valence-corrected chi connectivity index (χ1v) is 9.65. The van der Waals surface area contributed by atoms with Crippen LogP contribution in [-0.2, 0) is 16.0 Å². The first-order chi connectivity index (χ1) is 13.2. The fourth-order valence-corrected chi connectivity index (χ4v) is 3.64. The largest absolute Gasteiger partial charge is 0.459 e. The summed E-state index contributed by atoms with van der Waals surface area (Å²) < 4.78 is 10.9. The Morgan fingerprint density at radius 3 is 2.81 bits per heavy atom. The third-order valence-corrected chi connectivity index (χ3v) is 5.12. The maximum atomic E-state index is 12.3. The Kier molecular flexibility index (Phi) is 5.17. The number of morpholine rings is 1. The minimum atomic E-state index is -0.122. The summed E-state index contributed by atoms with van der Waals surface area (Å²) in [7, 11) is 0. The summed E-state index contributed by atoms with van der Waals surface area (Å²) >= 11 is 1.47. The maximum absolute atomic E-state index is 12.3. The molecule has 8 heteroatoms. The Bertz CT molecular complexity index is 913. The highest BCUT2D eigenvalue weighted by Gasteiger charge is 2.14. The third kappa shape index (κ3) is 4.35. The van der Waals surface area contributed by atoms with Gasteiger partial charge in [0.15, 0.2) is 10.8 Å². The highest BCUT2D eigenvalue weighted by Crippen LogP contribution is 2.25. The van der Waals surface area contributed by atoms with Gasteiger partial charge in [0.25, 0.3) is 0 Å². The predicted molar refractivity (Wildman–Crippen MR) is 104 cm³/mol. The molecule has 0 saturated carbocycles. The molecule has 7 nitrogen and oxygen atoms in total. The number of furan rings is 1. The molecular weight excluding hydrogens is 364 g/mol. The zero-order chi connectivity index (χ0) is 18.6. The van der Waals surface area contributed by atoms with Gasteiger partial charge in [0, 0.05) is 18.5 Å². The van der Waals surface area contributed by atoms with E-state index in [9.17, 15) is 4.79 Å². The lowest BCUT2D eigenvalue weighted by molar-refractivity contribution is -0.115. The van der Waals surface area contributed by atoms with Gasteiger partial charge >= 0.3 is 0 Å². The van der Waals surface area contributed by atoms with E-state index >= 15 is 0 Å². The molecule has 1 amide bonds. The molecule has 0 radical (unpaired) electrons. The van der Waals surface area contributed by atoms with Gasteiger partial charge in [0.05, 0.1) is 37.2 Å². The van der Waals surface area contributed by atoms with Gasteiger partial charge in [-0.3, -0.25) is 4.79 Å². The molecule has 140 valence electrons. The molecule has 1 aliphatic heterocycles. The predicted octanol–water partition coefficient (Wildman–Crippen LogP) is 3.12. The molecule has 3 aromatic heterocycles. The molecule has 0 unspecified atom stereocenters. The quantitative estimate of drug-likeness (QED) is 0.728. The smallest absolute Gasteiger partial charge is 0.230 e. The van der Waals surface area contributed by atoms with E-state index in [1.807, 2.05) is 36.6 Å². The summed E-state index contributed by atoms with van der Waals surface area (Å²) in [6, 6.07) is 7.57. The molecule has 0 aromatic carbocycles. The Morgan fingerprint density at radius 2 is 2.11 bits per heavy atom. The summed E-state index contributed by atoms with van der Waals surface area (Å²) in [4.78, 5) is 23.4. The number of aryl methyl sites for hydroxylation is 1. The molecule has 1 aliphatic rings. The number of nitrogens with one attached hydrogen (secondary N) is 1. The molecule has 1 saturated heterocycles. The monoisotopic (exact) mass is 384 g/mol. The number of aromatic nitrogens is 2. The SMILES string of the molecule is Cc1ccc(-c2nc(CC(=O)Nc3ccc(N4CCOCC4)nc3)cs2)o1. The highest BCUT2D eigenvalue weighted by molar-refractivity contribution is 7.13. The van der Waals surface area contributed by atoms with Crippen molar-refractivity contribution in [2.24, 2.45) is 0 Å². The minimum Gasteiger partial charge on any atom is -0.459 e. The summed E-state index contributed by atoms with van der Waals surface area (Å²) in [6.45, 7) is 4.99. The number of anilines is 2. The normalized spacial score (nSPS) is 14.3. The van der Waals surface area contributed by atoms with E-state index < -0.39 is 0 Å². The van der Waals surface area contributed by atoms with Crippen molar-refractivity contribution in [3.63, 3.8) is 0 Å². The van der Waals surface area contributed by atoms with Crippen LogP contribution in [0.25, 0.3) is 10.8 Å². The zero-order valence-electron chi connectivity index (χ0n) is 15.0. The first-order valence-electron chi connectivity index (χ1n) is 8.77. The molecule has 1 fully saturated rings. The van der Waals surface area contributed by atoms with E-state index in [-0.39, 0.29) is 12.3 Å². The van der Waals surface area contributed by atoms with Crippen molar-refractivity contribution in [1.82, 2.24) is 9.97 Å². The second-order valence-electron chi connectivity index (χ2n) is 6.28. The number of hydrogen-bond donors (Lipinski definition) is 1. The molecule has 3 aromatic rings. The van der Waals surface area contributed by atoms with Crippen LogP contribution in [0.2, 0.25) is 0 Å². The van der Waals surface area contributed by atoms with E-state index in [1.54, 1.807) is 6.20 Å². The number of nitrogens with zero attached hydrogens (tertiary/aromatic N) is 3. The van der Waals surface area contributed by atoms with Crippen molar-refractivity contribution < 1.29 is 13.9 Å². The molecule has 0 aliphatic carbocycles. The molecule has 0 atom stereocenters. The van der Waals surface area contributed by atoms with Crippen molar-refractivity contribution in [3.05, 3.63) is 47.3 Å². The summed E-state index contributed by atoms with van der Waals surface area (Å²) in [6.07, 6.45) is 1.89. The third-order valence-electron chi connectivity index (χ3n) is 4.21.